The number of benzene rings is 3. The number of aromatic nitrogens is 1. The molecule has 0 aliphatic rings. The Morgan fingerprint density at radius 2 is 1.74 bits per heavy atom. The van der Waals surface area contributed by atoms with E-state index in [1.807, 2.05) is 79.7 Å². The number of ether oxygens (including phenoxy) is 1. The summed E-state index contributed by atoms with van der Waals surface area (Å²) in [6.45, 7) is 2.47. The lowest BCUT2D eigenvalue weighted by molar-refractivity contribution is 0.0527. The summed E-state index contributed by atoms with van der Waals surface area (Å²) in [5, 5.41) is 11.6. The normalized spacial score (nSPS) is 11.3. The van der Waals surface area contributed by atoms with E-state index in [0.717, 1.165) is 21.8 Å². The van der Waals surface area contributed by atoms with Crippen molar-refractivity contribution < 1.29 is 14.6 Å². The molecule has 0 aliphatic heterocycles. The second-order valence-electron chi connectivity index (χ2n) is 8.24. The Hall–Kier alpha value is -3.42. The molecule has 0 saturated heterocycles. The van der Waals surface area contributed by atoms with Crippen molar-refractivity contribution in [2.24, 2.45) is 0 Å². The van der Waals surface area contributed by atoms with Crippen LogP contribution in [0.1, 0.15) is 28.5 Å². The molecule has 0 radical (unpaired) electrons. The van der Waals surface area contributed by atoms with Crippen LogP contribution in [0.5, 0.6) is 5.75 Å². The van der Waals surface area contributed by atoms with E-state index >= 15 is 0 Å². The third kappa shape index (κ3) is 4.62. The van der Waals surface area contributed by atoms with Crippen molar-refractivity contribution in [2.45, 2.75) is 24.1 Å². The molecule has 7 heteroatoms. The number of nitrogens with zero attached hydrogens (tertiary/aromatic N) is 2. The summed E-state index contributed by atoms with van der Waals surface area (Å²) in [5.74, 6) is 0.123. The molecule has 0 aliphatic carbocycles. The summed E-state index contributed by atoms with van der Waals surface area (Å²) < 4.78 is 7.58. The molecule has 0 atom stereocenters. The quantitative estimate of drug-likeness (QED) is 0.153. The van der Waals surface area contributed by atoms with Gasteiger partial charge in [-0.15, -0.1) is 11.8 Å². The molecular formula is C27H29N3O3S. The first-order valence-electron chi connectivity index (χ1n) is 11.1. The minimum atomic E-state index is -0.407. The zero-order valence-corrected chi connectivity index (χ0v) is 20.4. The summed E-state index contributed by atoms with van der Waals surface area (Å²) in [7, 11) is 3.83. The van der Waals surface area contributed by atoms with Crippen LogP contribution in [-0.4, -0.2) is 41.2 Å². The minimum absolute atomic E-state index is 0.000720. The number of esters is 1. The van der Waals surface area contributed by atoms with Gasteiger partial charge in [-0.25, -0.2) is 4.79 Å². The number of hydrogen-bond acceptors (Lipinski definition) is 6. The van der Waals surface area contributed by atoms with Crippen LogP contribution in [0.15, 0.2) is 71.6 Å². The number of carbonyl (C=O) groups excluding carboxylic acids is 1. The minimum Gasteiger partial charge on any atom is -0.505 e. The molecule has 0 unspecified atom stereocenters. The Bertz CT molecular complexity index is 1300. The lowest BCUT2D eigenvalue weighted by atomic mass is 10.0. The van der Waals surface area contributed by atoms with Crippen molar-refractivity contribution in [2.75, 3.05) is 26.4 Å². The molecule has 0 spiro atoms. The maximum absolute atomic E-state index is 13.4. The highest BCUT2D eigenvalue weighted by molar-refractivity contribution is 7.98. The maximum Gasteiger partial charge on any atom is 0.340 e. The Morgan fingerprint density at radius 1 is 1.09 bits per heavy atom. The lowest BCUT2D eigenvalue weighted by Crippen LogP contribution is -2.13. The first kappa shape index (κ1) is 23.7. The van der Waals surface area contributed by atoms with Gasteiger partial charge in [0.15, 0.2) is 0 Å². The predicted molar refractivity (Wildman–Crippen MR) is 139 cm³/mol. The van der Waals surface area contributed by atoms with Gasteiger partial charge in [-0.1, -0.05) is 36.4 Å². The van der Waals surface area contributed by atoms with Gasteiger partial charge in [0.1, 0.15) is 5.75 Å². The fraction of sp³-hybridized carbons (Fsp3) is 0.222. The predicted octanol–water partition coefficient (Wildman–Crippen LogP) is 5.45. The molecule has 34 heavy (non-hydrogen) atoms. The molecule has 1 heterocycles. The Labute approximate surface area is 203 Å². The number of phenols is 1. The highest BCUT2D eigenvalue weighted by Crippen LogP contribution is 2.42. The molecule has 4 aromatic rings. The highest BCUT2D eigenvalue weighted by atomic mass is 32.2. The molecule has 0 bridgehead atoms. The number of thioether (sulfide) groups is 1. The van der Waals surface area contributed by atoms with Crippen LogP contribution in [0, 0.1) is 0 Å². The second-order valence-corrected chi connectivity index (χ2v) is 9.29. The molecule has 176 valence electrons. The number of fused-ring (bicyclic) bond motifs is 1. The molecule has 3 aromatic carbocycles. The van der Waals surface area contributed by atoms with Crippen molar-refractivity contribution in [1.29, 1.82) is 0 Å². The van der Waals surface area contributed by atoms with Gasteiger partial charge in [0.2, 0.25) is 0 Å². The average Bonchev–Trinajstić information content (AvgIpc) is 3.15. The molecule has 0 saturated carbocycles. The molecule has 3 N–H and O–H groups in total. The topological polar surface area (TPSA) is 80.7 Å². The fourth-order valence-corrected chi connectivity index (χ4v) is 5.09. The van der Waals surface area contributed by atoms with Crippen molar-refractivity contribution in [1.82, 2.24) is 9.47 Å². The van der Waals surface area contributed by atoms with E-state index in [9.17, 15) is 9.90 Å². The SMILES string of the molecule is CCOC(=O)c1c(CSc2ccccc2)n(-c2ccccc2)c2cc(N)c(O)c(CN(C)C)c12. The first-order chi connectivity index (χ1) is 16.4. The van der Waals surface area contributed by atoms with Crippen LogP contribution in [0.25, 0.3) is 16.6 Å². The summed E-state index contributed by atoms with van der Waals surface area (Å²) in [6, 6.07) is 21.7. The van der Waals surface area contributed by atoms with E-state index < -0.39 is 5.97 Å². The van der Waals surface area contributed by atoms with Crippen LogP contribution < -0.4 is 5.73 Å². The standard InChI is InChI=1S/C27H29N3O3S/c1-4-33-27(32)25-23(17-34-19-13-9-6-10-14-19)30(18-11-7-5-8-12-18)22-15-21(28)26(31)20(24(22)25)16-29(2)3/h5-15,31H,4,16-17,28H2,1-3H3. The van der Waals surface area contributed by atoms with Gasteiger partial charge in [0.05, 0.1) is 23.4 Å². The van der Waals surface area contributed by atoms with Crippen LogP contribution in [0.4, 0.5) is 5.69 Å². The Balaban J connectivity index is 2.06. The number of phenolic OH excluding ortho intramolecular Hbond substituents is 1. The fourth-order valence-electron chi connectivity index (χ4n) is 4.16. The number of nitrogens with two attached hydrogens (primary N) is 1. The van der Waals surface area contributed by atoms with Crippen molar-refractivity contribution in [3.8, 4) is 11.4 Å². The highest BCUT2D eigenvalue weighted by Gasteiger charge is 2.29. The number of aromatic hydroxyl groups is 1. The van der Waals surface area contributed by atoms with Gasteiger partial charge >= 0.3 is 5.97 Å². The monoisotopic (exact) mass is 475 g/mol. The van der Waals surface area contributed by atoms with E-state index in [2.05, 4.69) is 4.57 Å². The number of nitrogen functional groups attached to an aromatic ring is 1. The van der Waals surface area contributed by atoms with Crippen molar-refractivity contribution in [3.05, 3.63) is 83.6 Å². The molecule has 0 fully saturated rings. The summed E-state index contributed by atoms with van der Waals surface area (Å²) >= 11 is 1.64. The first-order valence-corrected chi connectivity index (χ1v) is 12.1. The van der Waals surface area contributed by atoms with E-state index in [1.54, 1.807) is 24.8 Å². The molecule has 1 aromatic heterocycles. The van der Waals surface area contributed by atoms with Gasteiger partial charge in [-0.05, 0) is 51.4 Å². The van der Waals surface area contributed by atoms with Gasteiger partial charge in [-0.3, -0.25) is 0 Å². The average molecular weight is 476 g/mol. The lowest BCUT2D eigenvalue weighted by Gasteiger charge is -2.15. The Morgan fingerprint density at radius 3 is 2.35 bits per heavy atom. The van der Waals surface area contributed by atoms with E-state index in [4.69, 9.17) is 10.5 Å². The van der Waals surface area contributed by atoms with Gasteiger partial charge in [0.25, 0.3) is 0 Å². The van der Waals surface area contributed by atoms with Crippen LogP contribution in [0.3, 0.4) is 0 Å². The number of rotatable bonds is 8. The molecular weight excluding hydrogens is 446 g/mol. The molecule has 0 amide bonds. The van der Waals surface area contributed by atoms with Crippen molar-refractivity contribution in [3.63, 3.8) is 0 Å². The Kier molecular flexibility index (Phi) is 7.14. The zero-order chi connectivity index (χ0) is 24.2. The third-order valence-corrected chi connectivity index (χ3v) is 6.57. The number of hydrogen-bond donors (Lipinski definition) is 2. The number of para-hydroxylation sites is 1. The van der Waals surface area contributed by atoms with E-state index in [1.165, 1.54) is 0 Å². The number of carbonyl (C=O) groups is 1. The maximum atomic E-state index is 13.4. The smallest absolute Gasteiger partial charge is 0.340 e. The van der Waals surface area contributed by atoms with Crippen LogP contribution in [-0.2, 0) is 17.0 Å². The van der Waals surface area contributed by atoms with Crippen molar-refractivity contribution >= 4 is 34.3 Å². The number of anilines is 1. The van der Waals surface area contributed by atoms with Crippen LogP contribution in [0.2, 0.25) is 0 Å². The van der Waals surface area contributed by atoms with Gasteiger partial charge in [-0.2, -0.15) is 0 Å². The summed E-state index contributed by atoms with van der Waals surface area (Å²) in [5.41, 5.74) is 10.1. The zero-order valence-electron chi connectivity index (χ0n) is 19.6. The van der Waals surface area contributed by atoms with Gasteiger partial charge in [0, 0.05) is 39.5 Å². The third-order valence-electron chi connectivity index (χ3n) is 5.55. The summed E-state index contributed by atoms with van der Waals surface area (Å²) in [6.07, 6.45) is 0. The molecule has 6 nitrogen and oxygen atoms in total. The van der Waals surface area contributed by atoms with E-state index in [0.29, 0.717) is 28.8 Å². The second kappa shape index (κ2) is 10.2. The van der Waals surface area contributed by atoms with Gasteiger partial charge < -0.3 is 25.0 Å². The van der Waals surface area contributed by atoms with E-state index in [-0.39, 0.29) is 18.0 Å². The van der Waals surface area contributed by atoms with Crippen LogP contribution >= 0.6 is 11.8 Å². The largest absolute Gasteiger partial charge is 0.505 e. The summed E-state index contributed by atoms with van der Waals surface area (Å²) in [4.78, 5) is 16.4. The molecule has 4 rings (SSSR count).